The molecule has 1 N–H and O–H groups in total. The minimum absolute atomic E-state index is 0.0410. The maximum Gasteiger partial charge on any atom is 0.407 e. The molecule has 42 heavy (non-hydrogen) atoms. The summed E-state index contributed by atoms with van der Waals surface area (Å²) in [6.45, 7) is 8.39. The second-order valence-electron chi connectivity index (χ2n) is 10.6. The van der Waals surface area contributed by atoms with Gasteiger partial charge in [0.25, 0.3) is 0 Å². The number of hydrogen-bond acceptors (Lipinski definition) is 8. The highest BCUT2D eigenvalue weighted by Crippen LogP contribution is 2.36. The molecule has 1 amide bonds. The first kappa shape index (κ1) is 28.5. The van der Waals surface area contributed by atoms with Gasteiger partial charge in [-0.15, -0.1) is 0 Å². The third-order valence-electron chi connectivity index (χ3n) is 7.48. The number of pyridine rings is 2. The molecule has 11 nitrogen and oxygen atoms in total. The van der Waals surface area contributed by atoms with E-state index in [1.807, 2.05) is 32.6 Å². The molecule has 0 aliphatic carbocycles. The zero-order valence-electron chi connectivity index (χ0n) is 23.9. The van der Waals surface area contributed by atoms with Gasteiger partial charge in [-0.1, -0.05) is 13.8 Å². The number of aryl methyl sites for hydroxylation is 1. The van der Waals surface area contributed by atoms with Gasteiger partial charge in [-0.3, -0.25) is 4.98 Å². The van der Waals surface area contributed by atoms with Crippen LogP contribution in [0.5, 0.6) is 5.75 Å². The summed E-state index contributed by atoms with van der Waals surface area (Å²) < 4.78 is 20.9. The van der Waals surface area contributed by atoms with E-state index < -0.39 is 17.6 Å². The van der Waals surface area contributed by atoms with Crippen molar-refractivity contribution in [3.8, 4) is 28.8 Å². The van der Waals surface area contributed by atoms with Crippen molar-refractivity contribution >= 4 is 22.9 Å². The lowest BCUT2D eigenvalue weighted by Gasteiger charge is -2.39. The lowest BCUT2D eigenvalue weighted by atomic mass is 10.0. The Morgan fingerprint density at radius 2 is 1.98 bits per heavy atom. The molecule has 4 heterocycles. The van der Waals surface area contributed by atoms with Gasteiger partial charge >= 0.3 is 11.8 Å². The summed E-state index contributed by atoms with van der Waals surface area (Å²) in [6, 6.07) is 9.24. The Kier molecular flexibility index (Phi) is 7.51. The van der Waals surface area contributed by atoms with Crippen LogP contribution in [0.1, 0.15) is 43.5 Å². The normalized spacial score (nSPS) is 15.2. The van der Waals surface area contributed by atoms with Crippen LogP contribution in [0.15, 0.2) is 41.3 Å². The van der Waals surface area contributed by atoms with E-state index in [1.165, 1.54) is 34.8 Å². The Morgan fingerprint density at radius 1 is 1.21 bits per heavy atom. The topological polar surface area (TPSA) is 137 Å². The van der Waals surface area contributed by atoms with Crippen molar-refractivity contribution in [1.29, 1.82) is 5.26 Å². The van der Waals surface area contributed by atoms with Crippen LogP contribution in [0.4, 0.5) is 15.0 Å². The summed E-state index contributed by atoms with van der Waals surface area (Å²) in [6.07, 6.45) is 0.664. The van der Waals surface area contributed by atoms with E-state index in [0.717, 1.165) is 5.56 Å². The zero-order chi connectivity index (χ0) is 30.3. The summed E-state index contributed by atoms with van der Waals surface area (Å²) in [4.78, 5) is 42.7. The Hall–Kier alpha value is -5.05. The van der Waals surface area contributed by atoms with Crippen LogP contribution in [0.25, 0.3) is 28.0 Å². The smallest absolute Gasteiger partial charge is 0.407 e. The Balaban J connectivity index is 1.88. The van der Waals surface area contributed by atoms with E-state index in [9.17, 15) is 24.3 Å². The largest absolute Gasteiger partial charge is 0.496 e. The number of nitrogens with zero attached hydrogens (tertiary/aromatic N) is 7. The van der Waals surface area contributed by atoms with Crippen molar-refractivity contribution in [2.24, 2.45) is 0 Å². The third kappa shape index (κ3) is 4.87. The second-order valence-corrected chi connectivity index (χ2v) is 10.6. The number of piperazine rings is 1. The van der Waals surface area contributed by atoms with Crippen molar-refractivity contribution in [2.75, 3.05) is 31.6 Å². The summed E-state index contributed by atoms with van der Waals surface area (Å²) >= 11 is 0. The van der Waals surface area contributed by atoms with Crippen molar-refractivity contribution in [3.63, 3.8) is 0 Å². The molecule has 1 aliphatic heterocycles. The van der Waals surface area contributed by atoms with Crippen LogP contribution in [-0.4, -0.2) is 68.4 Å². The number of halogens is 1. The van der Waals surface area contributed by atoms with Gasteiger partial charge in [-0.25, -0.2) is 23.5 Å². The molecule has 12 heteroatoms. The number of nitriles is 1. The first-order chi connectivity index (χ1) is 20.0. The highest BCUT2D eigenvalue weighted by atomic mass is 19.1. The first-order valence-electron chi connectivity index (χ1n) is 13.5. The van der Waals surface area contributed by atoms with Crippen LogP contribution in [0.3, 0.4) is 0 Å². The average Bonchev–Trinajstić information content (AvgIpc) is 2.96. The number of rotatable bonds is 5. The van der Waals surface area contributed by atoms with Gasteiger partial charge < -0.3 is 19.6 Å². The molecular formula is C30H30FN7O4. The maximum atomic E-state index is 14.1. The molecule has 1 aliphatic rings. The lowest BCUT2D eigenvalue weighted by Crippen LogP contribution is -2.54. The minimum Gasteiger partial charge on any atom is -0.496 e. The number of benzene rings is 1. The van der Waals surface area contributed by atoms with Gasteiger partial charge in [0.1, 0.15) is 23.5 Å². The third-order valence-corrected chi connectivity index (χ3v) is 7.48. The van der Waals surface area contributed by atoms with Crippen molar-refractivity contribution < 1.29 is 19.0 Å². The van der Waals surface area contributed by atoms with Crippen LogP contribution in [0.2, 0.25) is 0 Å². The Labute approximate surface area is 241 Å². The number of anilines is 1. The molecule has 1 saturated heterocycles. The minimum atomic E-state index is -1.02. The van der Waals surface area contributed by atoms with Gasteiger partial charge in [0.15, 0.2) is 5.65 Å². The molecule has 1 fully saturated rings. The van der Waals surface area contributed by atoms with Crippen LogP contribution < -0.4 is 15.3 Å². The van der Waals surface area contributed by atoms with E-state index in [2.05, 4.69) is 16.0 Å². The molecule has 216 valence electrons. The molecule has 0 spiro atoms. The van der Waals surface area contributed by atoms with Crippen molar-refractivity contribution in [1.82, 2.24) is 24.4 Å². The molecular weight excluding hydrogens is 541 g/mol. The number of carbonyl (C=O) groups is 1. The predicted molar refractivity (Wildman–Crippen MR) is 155 cm³/mol. The molecule has 1 aromatic carbocycles. The summed E-state index contributed by atoms with van der Waals surface area (Å²) in [5.74, 6) is -0.0700. The second kappa shape index (κ2) is 11.1. The fourth-order valence-corrected chi connectivity index (χ4v) is 5.43. The number of carboxylic acid groups (broad SMARTS) is 1. The summed E-state index contributed by atoms with van der Waals surface area (Å²) in [5.41, 5.74) is 2.39. The average molecular weight is 572 g/mol. The Morgan fingerprint density at radius 3 is 2.62 bits per heavy atom. The van der Waals surface area contributed by atoms with Crippen LogP contribution in [0, 0.1) is 24.1 Å². The monoisotopic (exact) mass is 571 g/mol. The number of ether oxygens (including phenoxy) is 1. The number of amides is 1. The van der Waals surface area contributed by atoms with E-state index in [0.29, 0.717) is 28.1 Å². The fourth-order valence-electron chi connectivity index (χ4n) is 5.43. The molecule has 0 bridgehead atoms. The quantitative estimate of drug-likeness (QED) is 0.367. The molecule has 0 radical (unpaired) electrons. The van der Waals surface area contributed by atoms with Crippen molar-refractivity contribution in [2.45, 2.75) is 39.7 Å². The molecule has 4 aromatic rings. The lowest BCUT2D eigenvalue weighted by molar-refractivity contribution is 0.136. The predicted octanol–water partition coefficient (Wildman–Crippen LogP) is 4.48. The standard InChI is InChI=1S/C30H30FN7O4/c1-16(2)24-26(17(3)8-9-33-24)38-28-22(27(35-29(38)39)37-11-10-36(30(40)41)15-18(37)4)12-19(14-32)25(34-28)21-7-6-20(31)13-23(21)42-5/h6-9,12-13,16,18H,10-11,15H2,1-5H3,(H,40,41). The van der Waals surface area contributed by atoms with Crippen molar-refractivity contribution in [3.05, 3.63) is 69.7 Å². The van der Waals surface area contributed by atoms with Gasteiger partial charge in [0.2, 0.25) is 0 Å². The first-order valence-corrected chi connectivity index (χ1v) is 13.5. The molecule has 1 unspecified atom stereocenters. The van der Waals surface area contributed by atoms with Crippen LogP contribution >= 0.6 is 0 Å². The van der Waals surface area contributed by atoms with Gasteiger partial charge in [-0.2, -0.15) is 10.2 Å². The van der Waals surface area contributed by atoms with E-state index in [1.54, 1.807) is 18.3 Å². The van der Waals surface area contributed by atoms with Gasteiger partial charge in [-0.05, 0) is 49.6 Å². The number of aromatic nitrogens is 4. The number of fused-ring (bicyclic) bond motifs is 1. The van der Waals surface area contributed by atoms with Crippen LogP contribution in [-0.2, 0) is 0 Å². The van der Waals surface area contributed by atoms with E-state index >= 15 is 0 Å². The Bertz CT molecular complexity index is 1810. The highest BCUT2D eigenvalue weighted by Gasteiger charge is 2.31. The van der Waals surface area contributed by atoms with Gasteiger partial charge in [0.05, 0.1) is 35.1 Å². The zero-order valence-corrected chi connectivity index (χ0v) is 23.9. The number of methoxy groups -OCH3 is 1. The SMILES string of the molecule is COc1cc(F)ccc1-c1nc2c(cc1C#N)c(N1CCN(C(=O)O)CC1C)nc(=O)n2-c1c(C)ccnc1C(C)C. The summed E-state index contributed by atoms with van der Waals surface area (Å²) in [5, 5.41) is 20.2. The highest BCUT2D eigenvalue weighted by molar-refractivity contribution is 5.93. The summed E-state index contributed by atoms with van der Waals surface area (Å²) in [7, 11) is 1.40. The molecule has 1 atom stereocenters. The van der Waals surface area contributed by atoms with E-state index in [-0.39, 0.29) is 54.2 Å². The molecule has 0 saturated carbocycles. The molecule has 5 rings (SSSR count). The van der Waals surface area contributed by atoms with E-state index in [4.69, 9.17) is 9.72 Å². The fraction of sp³-hybridized carbons (Fsp3) is 0.333. The maximum absolute atomic E-state index is 14.1. The van der Waals surface area contributed by atoms with Gasteiger partial charge in [0, 0.05) is 43.5 Å². The number of hydrogen-bond donors (Lipinski definition) is 1. The molecule has 3 aromatic heterocycles.